The first-order valence-electron chi connectivity index (χ1n) is 8.34. The van der Waals surface area contributed by atoms with Crippen molar-refractivity contribution >= 4 is 11.7 Å². The fourth-order valence-corrected chi connectivity index (χ4v) is 3.59. The maximum atomic E-state index is 12.8. The molecule has 1 unspecified atom stereocenters. The first-order chi connectivity index (χ1) is 10.7. The van der Waals surface area contributed by atoms with Gasteiger partial charge in [0, 0.05) is 31.6 Å². The maximum absolute atomic E-state index is 12.8. The predicted molar refractivity (Wildman–Crippen MR) is 86.1 cm³/mol. The van der Waals surface area contributed by atoms with Crippen LogP contribution in [0.25, 0.3) is 0 Å². The molecule has 1 aromatic carbocycles. The van der Waals surface area contributed by atoms with Crippen molar-refractivity contribution in [2.75, 3.05) is 32.7 Å². The van der Waals surface area contributed by atoms with E-state index in [0.29, 0.717) is 13.0 Å². The molecule has 1 fully saturated rings. The van der Waals surface area contributed by atoms with E-state index in [4.69, 9.17) is 0 Å². The maximum Gasteiger partial charge on any atom is 0.230 e. The van der Waals surface area contributed by atoms with Gasteiger partial charge in [0.15, 0.2) is 5.78 Å². The Hall–Kier alpha value is -1.68. The van der Waals surface area contributed by atoms with Crippen molar-refractivity contribution in [1.82, 2.24) is 9.80 Å². The number of amides is 1. The largest absolute Gasteiger partial charge is 0.341 e. The van der Waals surface area contributed by atoms with E-state index >= 15 is 0 Å². The van der Waals surface area contributed by atoms with Crippen LogP contribution in [-0.2, 0) is 4.79 Å². The van der Waals surface area contributed by atoms with Crippen LogP contribution >= 0.6 is 0 Å². The molecule has 2 aliphatic rings. The van der Waals surface area contributed by atoms with Crippen LogP contribution in [-0.4, -0.2) is 54.2 Å². The van der Waals surface area contributed by atoms with Crippen molar-refractivity contribution in [3.8, 4) is 0 Å². The summed E-state index contributed by atoms with van der Waals surface area (Å²) in [6.07, 6.45) is 2.87. The second kappa shape index (κ2) is 6.61. The van der Waals surface area contributed by atoms with Crippen molar-refractivity contribution in [3.63, 3.8) is 0 Å². The first-order valence-corrected chi connectivity index (χ1v) is 8.34. The number of fused-ring (bicyclic) bond motifs is 1. The highest BCUT2D eigenvalue weighted by atomic mass is 16.2. The van der Waals surface area contributed by atoms with E-state index in [1.54, 1.807) is 0 Å². The lowest BCUT2D eigenvalue weighted by Gasteiger charge is -2.26. The van der Waals surface area contributed by atoms with E-state index in [1.807, 2.05) is 36.1 Å². The Morgan fingerprint density at radius 1 is 1.27 bits per heavy atom. The molecule has 0 saturated carbocycles. The van der Waals surface area contributed by atoms with E-state index in [1.165, 1.54) is 12.8 Å². The molecule has 0 aromatic heterocycles. The number of rotatable bonds is 5. The average molecular weight is 300 g/mol. The summed E-state index contributed by atoms with van der Waals surface area (Å²) in [5, 5.41) is 0. The summed E-state index contributed by atoms with van der Waals surface area (Å²) in [4.78, 5) is 29.3. The highest BCUT2D eigenvalue weighted by molar-refractivity contribution is 6.06. The highest BCUT2D eigenvalue weighted by Gasteiger charge is 2.35. The van der Waals surface area contributed by atoms with E-state index in [0.717, 1.165) is 37.3 Å². The number of carbonyl (C=O) groups is 2. The van der Waals surface area contributed by atoms with Crippen molar-refractivity contribution in [2.45, 2.75) is 32.1 Å². The van der Waals surface area contributed by atoms with E-state index < -0.39 is 0 Å². The lowest BCUT2D eigenvalue weighted by molar-refractivity contribution is -0.132. The Labute approximate surface area is 132 Å². The molecular formula is C18H24N2O2. The van der Waals surface area contributed by atoms with Crippen molar-refractivity contribution in [3.05, 3.63) is 35.4 Å². The minimum Gasteiger partial charge on any atom is -0.341 e. The van der Waals surface area contributed by atoms with Crippen LogP contribution in [0.1, 0.15) is 48.0 Å². The lowest BCUT2D eigenvalue weighted by atomic mass is 10.00. The number of likely N-dealkylation sites (N-methyl/N-ethyl adjacent to an activating group) is 1. The molecule has 0 bridgehead atoms. The van der Waals surface area contributed by atoms with Gasteiger partial charge in [-0.25, -0.2) is 0 Å². The Morgan fingerprint density at radius 2 is 2.00 bits per heavy atom. The zero-order valence-electron chi connectivity index (χ0n) is 13.3. The number of Topliss-reactive ketones (excluding diaryl/α,β-unsaturated/α-hetero) is 1. The minimum atomic E-state index is -0.276. The van der Waals surface area contributed by atoms with E-state index in [2.05, 4.69) is 4.90 Å². The van der Waals surface area contributed by atoms with Crippen LogP contribution < -0.4 is 0 Å². The van der Waals surface area contributed by atoms with Crippen LogP contribution in [0.4, 0.5) is 0 Å². The van der Waals surface area contributed by atoms with Crippen LogP contribution in [0.15, 0.2) is 24.3 Å². The summed E-state index contributed by atoms with van der Waals surface area (Å²) in [5.41, 5.74) is 1.65. The number of hydrogen-bond acceptors (Lipinski definition) is 3. The third-order valence-electron chi connectivity index (χ3n) is 4.90. The summed E-state index contributed by atoms with van der Waals surface area (Å²) in [6, 6.07) is 7.55. The van der Waals surface area contributed by atoms with Gasteiger partial charge >= 0.3 is 0 Å². The Balaban J connectivity index is 1.68. The van der Waals surface area contributed by atoms with Gasteiger partial charge < -0.3 is 9.80 Å². The molecule has 1 aliphatic carbocycles. The number of hydrogen-bond donors (Lipinski definition) is 0. The number of likely N-dealkylation sites (tertiary alicyclic amines) is 1. The van der Waals surface area contributed by atoms with Crippen molar-refractivity contribution < 1.29 is 9.59 Å². The first kappa shape index (κ1) is 15.2. The van der Waals surface area contributed by atoms with Crippen molar-refractivity contribution in [1.29, 1.82) is 0 Å². The van der Waals surface area contributed by atoms with Crippen LogP contribution in [0.5, 0.6) is 0 Å². The molecule has 118 valence electrons. The second-order valence-electron chi connectivity index (χ2n) is 6.23. The minimum absolute atomic E-state index is 0.101. The fraction of sp³-hybridized carbons (Fsp3) is 0.556. The smallest absolute Gasteiger partial charge is 0.230 e. The van der Waals surface area contributed by atoms with Gasteiger partial charge in [0.25, 0.3) is 0 Å². The number of nitrogens with zero attached hydrogens (tertiary/aromatic N) is 2. The summed E-state index contributed by atoms with van der Waals surface area (Å²) >= 11 is 0. The summed E-state index contributed by atoms with van der Waals surface area (Å²) in [6.45, 7) is 6.74. The van der Waals surface area contributed by atoms with Crippen LogP contribution in [0.2, 0.25) is 0 Å². The molecule has 3 rings (SSSR count). The SMILES string of the molecule is CCN(CCN1CCCC1)C(=O)C1CC(=O)c2ccccc21. The van der Waals surface area contributed by atoms with Crippen LogP contribution in [0.3, 0.4) is 0 Å². The molecule has 1 heterocycles. The Morgan fingerprint density at radius 3 is 2.73 bits per heavy atom. The number of ketones is 1. The van der Waals surface area contributed by atoms with Crippen LogP contribution in [0, 0.1) is 0 Å². The summed E-state index contributed by atoms with van der Waals surface area (Å²) in [7, 11) is 0. The zero-order chi connectivity index (χ0) is 15.5. The highest BCUT2D eigenvalue weighted by Crippen LogP contribution is 2.34. The molecule has 1 aromatic rings. The second-order valence-corrected chi connectivity index (χ2v) is 6.23. The molecule has 0 radical (unpaired) electrons. The van der Waals surface area contributed by atoms with Gasteiger partial charge in [-0.15, -0.1) is 0 Å². The third kappa shape index (κ3) is 2.93. The van der Waals surface area contributed by atoms with Gasteiger partial charge in [-0.05, 0) is 38.4 Å². The quantitative estimate of drug-likeness (QED) is 0.838. The molecule has 4 heteroatoms. The fourth-order valence-electron chi connectivity index (χ4n) is 3.59. The average Bonchev–Trinajstić information content (AvgIpc) is 3.16. The molecule has 0 spiro atoms. The molecule has 1 amide bonds. The van der Waals surface area contributed by atoms with Gasteiger partial charge in [0.1, 0.15) is 0 Å². The molecule has 1 saturated heterocycles. The Kier molecular flexibility index (Phi) is 4.57. The number of carbonyl (C=O) groups excluding carboxylic acids is 2. The monoisotopic (exact) mass is 300 g/mol. The van der Waals surface area contributed by atoms with Gasteiger partial charge in [0.2, 0.25) is 5.91 Å². The number of benzene rings is 1. The van der Waals surface area contributed by atoms with Gasteiger partial charge in [0.05, 0.1) is 5.92 Å². The molecule has 1 atom stereocenters. The zero-order valence-corrected chi connectivity index (χ0v) is 13.3. The third-order valence-corrected chi connectivity index (χ3v) is 4.90. The van der Waals surface area contributed by atoms with E-state index in [9.17, 15) is 9.59 Å². The summed E-state index contributed by atoms with van der Waals surface area (Å²) in [5.74, 6) is -0.0632. The molecule has 4 nitrogen and oxygen atoms in total. The van der Waals surface area contributed by atoms with Crippen molar-refractivity contribution in [2.24, 2.45) is 0 Å². The normalized spacial score (nSPS) is 21.1. The van der Waals surface area contributed by atoms with Gasteiger partial charge in [-0.2, -0.15) is 0 Å². The molecule has 22 heavy (non-hydrogen) atoms. The Bertz CT molecular complexity index is 564. The lowest BCUT2D eigenvalue weighted by Crippen LogP contribution is -2.40. The van der Waals surface area contributed by atoms with Gasteiger partial charge in [-0.1, -0.05) is 24.3 Å². The topological polar surface area (TPSA) is 40.6 Å². The molecule has 0 N–H and O–H groups in total. The van der Waals surface area contributed by atoms with E-state index in [-0.39, 0.29) is 17.6 Å². The predicted octanol–water partition coefficient (Wildman–Crippen LogP) is 2.30. The summed E-state index contributed by atoms with van der Waals surface area (Å²) < 4.78 is 0. The molecule has 1 aliphatic heterocycles. The standard InChI is InChI=1S/C18H24N2O2/c1-2-20(12-11-19-9-5-6-10-19)18(22)16-13-17(21)15-8-4-3-7-14(15)16/h3-4,7-8,16H,2,5-6,9-13H2,1H3. The molecular weight excluding hydrogens is 276 g/mol. The van der Waals surface area contributed by atoms with Gasteiger partial charge in [-0.3, -0.25) is 9.59 Å².